The van der Waals surface area contributed by atoms with Gasteiger partial charge < -0.3 is 20.3 Å². The molecule has 2 saturated heterocycles. The average molecular weight is 568 g/mol. The zero-order valence-electron chi connectivity index (χ0n) is 23.4. The lowest BCUT2D eigenvalue weighted by Gasteiger charge is -2.41. The van der Waals surface area contributed by atoms with E-state index in [-0.39, 0.29) is 11.7 Å². The first-order valence-electron chi connectivity index (χ1n) is 14.2. The normalized spacial score (nSPS) is 16.3. The number of hydrogen-bond acceptors (Lipinski definition) is 7. The minimum atomic E-state index is -0.292. The molecule has 0 aliphatic carbocycles. The number of carbonyl (C=O) groups is 1. The summed E-state index contributed by atoms with van der Waals surface area (Å²) in [5.74, 6) is 0.777. The SMILES string of the molecule is C=CC(=O)Nc1cc(Nc2cc(-n3ccnc3-c3ccc(F)cc3)ccn2)ccc1N1CCC(N2CCOCC2)CC1. The molecule has 2 fully saturated rings. The van der Waals surface area contributed by atoms with Crippen LogP contribution in [0.15, 0.2) is 85.8 Å². The lowest BCUT2D eigenvalue weighted by molar-refractivity contribution is -0.111. The molecule has 0 bridgehead atoms. The fourth-order valence-corrected chi connectivity index (χ4v) is 5.70. The molecule has 2 N–H and O–H groups in total. The first-order chi connectivity index (χ1) is 20.6. The number of hydrogen-bond donors (Lipinski definition) is 2. The number of imidazole rings is 1. The Bertz CT molecular complexity index is 1540. The van der Waals surface area contributed by atoms with Gasteiger partial charge in [-0.05, 0) is 67.4 Å². The number of anilines is 4. The molecule has 42 heavy (non-hydrogen) atoms. The Morgan fingerprint density at radius 1 is 0.976 bits per heavy atom. The number of benzene rings is 2. The zero-order valence-corrected chi connectivity index (χ0v) is 23.4. The molecular formula is C32H34FN7O2. The third-order valence-corrected chi connectivity index (χ3v) is 7.84. The van der Waals surface area contributed by atoms with Crippen LogP contribution in [-0.4, -0.2) is 70.8 Å². The minimum absolute atomic E-state index is 0.259. The lowest BCUT2D eigenvalue weighted by atomic mass is 10.0. The van der Waals surface area contributed by atoms with Crippen molar-refractivity contribution >= 4 is 28.8 Å². The first kappa shape index (κ1) is 27.6. The average Bonchev–Trinajstić information content (AvgIpc) is 3.52. The van der Waals surface area contributed by atoms with Gasteiger partial charge in [-0.25, -0.2) is 14.4 Å². The van der Waals surface area contributed by atoms with Crippen LogP contribution in [0, 0.1) is 5.82 Å². The summed E-state index contributed by atoms with van der Waals surface area (Å²) in [5.41, 5.74) is 4.15. The molecule has 2 aliphatic rings. The number of nitrogens with zero attached hydrogens (tertiary/aromatic N) is 5. The number of nitrogens with one attached hydrogen (secondary N) is 2. The molecule has 216 valence electrons. The van der Waals surface area contributed by atoms with E-state index in [0.29, 0.717) is 17.7 Å². The second-order valence-corrected chi connectivity index (χ2v) is 10.4. The van der Waals surface area contributed by atoms with Crippen molar-refractivity contribution in [3.63, 3.8) is 0 Å². The van der Waals surface area contributed by atoms with E-state index in [1.54, 1.807) is 24.5 Å². The van der Waals surface area contributed by atoms with Gasteiger partial charge in [-0.15, -0.1) is 0 Å². The maximum absolute atomic E-state index is 13.5. The Kier molecular flexibility index (Phi) is 8.25. The van der Waals surface area contributed by atoms with Crippen LogP contribution < -0.4 is 15.5 Å². The first-order valence-corrected chi connectivity index (χ1v) is 14.2. The second kappa shape index (κ2) is 12.5. The predicted octanol–water partition coefficient (Wildman–Crippen LogP) is 5.24. The molecule has 0 saturated carbocycles. The van der Waals surface area contributed by atoms with Gasteiger partial charge >= 0.3 is 0 Å². The van der Waals surface area contributed by atoms with Gasteiger partial charge in [0.15, 0.2) is 0 Å². The molecule has 2 aliphatic heterocycles. The number of pyridine rings is 1. The summed E-state index contributed by atoms with van der Waals surface area (Å²) < 4.78 is 20.9. The smallest absolute Gasteiger partial charge is 0.247 e. The van der Waals surface area contributed by atoms with Gasteiger partial charge in [-0.1, -0.05) is 6.58 Å². The summed E-state index contributed by atoms with van der Waals surface area (Å²) in [6.07, 6.45) is 8.71. The highest BCUT2D eigenvalue weighted by Gasteiger charge is 2.27. The van der Waals surface area contributed by atoms with E-state index in [1.807, 2.05) is 41.1 Å². The number of ether oxygens (including phenoxy) is 1. The standard InChI is InChI=1S/C32H34FN7O2/c1-2-31(41)37-28-21-25(7-8-29(28)39-14-10-26(11-15-39)38-17-19-42-20-18-38)36-30-22-27(9-12-34-30)40-16-13-35-32(40)23-3-5-24(33)6-4-23/h2-9,12-13,16,21-22,26H,1,10-11,14-15,17-20H2,(H,34,36)(H,37,41). The highest BCUT2D eigenvalue weighted by molar-refractivity contribution is 6.01. The van der Waals surface area contributed by atoms with Gasteiger partial charge in [0.05, 0.1) is 30.3 Å². The summed E-state index contributed by atoms with van der Waals surface area (Å²) >= 11 is 0. The molecule has 2 aromatic heterocycles. The fourth-order valence-electron chi connectivity index (χ4n) is 5.70. The van der Waals surface area contributed by atoms with E-state index in [2.05, 4.69) is 37.0 Å². The maximum Gasteiger partial charge on any atom is 0.247 e. The van der Waals surface area contributed by atoms with Gasteiger partial charge in [0.25, 0.3) is 0 Å². The highest BCUT2D eigenvalue weighted by Crippen LogP contribution is 2.33. The van der Waals surface area contributed by atoms with Crippen molar-refractivity contribution in [2.24, 2.45) is 0 Å². The van der Waals surface area contributed by atoms with E-state index < -0.39 is 0 Å². The van der Waals surface area contributed by atoms with Crippen LogP contribution >= 0.6 is 0 Å². The summed E-state index contributed by atoms with van der Waals surface area (Å²) in [6.45, 7) is 9.06. The molecule has 0 atom stereocenters. The molecule has 9 nitrogen and oxygen atoms in total. The number of rotatable bonds is 8. The van der Waals surface area contributed by atoms with Crippen molar-refractivity contribution in [2.75, 3.05) is 54.9 Å². The van der Waals surface area contributed by atoms with Crippen molar-refractivity contribution in [1.29, 1.82) is 0 Å². The largest absolute Gasteiger partial charge is 0.379 e. The van der Waals surface area contributed by atoms with Crippen molar-refractivity contribution < 1.29 is 13.9 Å². The van der Waals surface area contributed by atoms with Gasteiger partial charge in [-0.3, -0.25) is 14.3 Å². The molecule has 1 amide bonds. The number of carbonyl (C=O) groups excluding carboxylic acids is 1. The Morgan fingerprint density at radius 2 is 1.76 bits per heavy atom. The Labute approximate surface area is 244 Å². The molecule has 10 heteroatoms. The molecule has 4 heterocycles. The van der Waals surface area contributed by atoms with E-state index in [9.17, 15) is 9.18 Å². The van der Waals surface area contributed by atoms with Crippen LogP contribution in [0.4, 0.5) is 27.3 Å². The quantitative estimate of drug-likeness (QED) is 0.282. The molecule has 0 spiro atoms. The van der Waals surface area contributed by atoms with Crippen LogP contribution in [0.25, 0.3) is 17.1 Å². The molecule has 4 aromatic rings. The van der Waals surface area contributed by atoms with Crippen LogP contribution in [-0.2, 0) is 9.53 Å². The molecule has 6 rings (SSSR count). The van der Waals surface area contributed by atoms with E-state index in [0.717, 1.165) is 80.5 Å². The minimum Gasteiger partial charge on any atom is -0.379 e. The Hall–Kier alpha value is -4.54. The highest BCUT2D eigenvalue weighted by atomic mass is 19.1. The van der Waals surface area contributed by atoms with Crippen LogP contribution in [0.3, 0.4) is 0 Å². The summed E-state index contributed by atoms with van der Waals surface area (Å²) in [7, 11) is 0. The van der Waals surface area contributed by atoms with Crippen molar-refractivity contribution in [3.8, 4) is 17.1 Å². The third kappa shape index (κ3) is 6.19. The summed E-state index contributed by atoms with van der Waals surface area (Å²) in [5, 5.41) is 6.37. The van der Waals surface area contributed by atoms with E-state index in [1.165, 1.54) is 18.2 Å². The van der Waals surface area contributed by atoms with Crippen molar-refractivity contribution in [1.82, 2.24) is 19.4 Å². The van der Waals surface area contributed by atoms with E-state index >= 15 is 0 Å². The number of aromatic nitrogens is 3. The van der Waals surface area contributed by atoms with Gasteiger partial charge in [-0.2, -0.15) is 0 Å². The van der Waals surface area contributed by atoms with Crippen LogP contribution in [0.2, 0.25) is 0 Å². The molecule has 2 aromatic carbocycles. The maximum atomic E-state index is 13.5. The topological polar surface area (TPSA) is 87.5 Å². The van der Waals surface area contributed by atoms with Crippen molar-refractivity contribution in [3.05, 3.63) is 91.7 Å². The number of morpholine rings is 1. The zero-order chi connectivity index (χ0) is 28.9. The van der Waals surface area contributed by atoms with E-state index in [4.69, 9.17) is 4.74 Å². The van der Waals surface area contributed by atoms with Crippen LogP contribution in [0.5, 0.6) is 0 Å². The number of halogens is 1. The number of amides is 1. The Morgan fingerprint density at radius 3 is 2.52 bits per heavy atom. The van der Waals surface area contributed by atoms with Crippen molar-refractivity contribution in [2.45, 2.75) is 18.9 Å². The monoisotopic (exact) mass is 567 g/mol. The predicted molar refractivity (Wildman–Crippen MR) is 163 cm³/mol. The lowest BCUT2D eigenvalue weighted by Crippen LogP contribution is -2.49. The van der Waals surface area contributed by atoms with Gasteiger partial charge in [0.1, 0.15) is 17.5 Å². The molecular weight excluding hydrogens is 533 g/mol. The summed E-state index contributed by atoms with van der Waals surface area (Å²) in [6, 6.07) is 16.6. The van der Waals surface area contributed by atoms with Gasteiger partial charge in [0.2, 0.25) is 5.91 Å². The molecule has 0 radical (unpaired) electrons. The van der Waals surface area contributed by atoms with Gasteiger partial charge in [0, 0.05) is 68.1 Å². The second-order valence-electron chi connectivity index (χ2n) is 10.4. The Balaban J connectivity index is 1.20. The number of piperidine rings is 1. The van der Waals surface area contributed by atoms with Crippen LogP contribution in [0.1, 0.15) is 12.8 Å². The molecule has 0 unspecified atom stereocenters. The summed E-state index contributed by atoms with van der Waals surface area (Å²) in [4.78, 5) is 26.2. The fraction of sp³-hybridized carbons (Fsp3) is 0.281. The third-order valence-electron chi connectivity index (χ3n) is 7.84.